The van der Waals surface area contributed by atoms with E-state index in [1.165, 1.54) is 6.92 Å². The largest absolute Gasteiger partial charge is 0.429 e. The van der Waals surface area contributed by atoms with Crippen LogP contribution in [0.3, 0.4) is 0 Å². The van der Waals surface area contributed by atoms with E-state index in [-0.39, 0.29) is 4.57 Å². The van der Waals surface area contributed by atoms with Crippen molar-refractivity contribution < 1.29 is 13.9 Å². The lowest BCUT2D eigenvalue weighted by molar-refractivity contribution is 0.138. The number of aromatic amines is 1. The highest BCUT2D eigenvalue weighted by molar-refractivity contribution is 6.19. The lowest BCUT2D eigenvalue weighted by Gasteiger charge is -2.06. The summed E-state index contributed by atoms with van der Waals surface area (Å²) < 4.78 is 17.4. The summed E-state index contributed by atoms with van der Waals surface area (Å²) in [6.07, 6.45) is -0.736. The summed E-state index contributed by atoms with van der Waals surface area (Å²) in [6, 6.07) is 0. The van der Waals surface area contributed by atoms with Gasteiger partial charge in [-0.2, -0.15) is 4.39 Å². The van der Waals surface area contributed by atoms with Gasteiger partial charge in [0.1, 0.15) is 0 Å². The van der Waals surface area contributed by atoms with Crippen LogP contribution in [0.5, 0.6) is 0 Å². The molecular weight excluding hydrogens is 231 g/mol. The molecule has 1 aromatic heterocycles. The second-order valence-electron chi connectivity index (χ2n) is 2.53. The molecule has 0 bridgehead atoms. The van der Waals surface area contributed by atoms with Crippen molar-refractivity contribution in [1.82, 2.24) is 9.55 Å². The predicted octanol–water partition coefficient (Wildman–Crippen LogP) is 0.245. The highest BCUT2D eigenvalue weighted by Crippen LogP contribution is 1.98. The third-order valence-electron chi connectivity index (χ3n) is 1.36. The molecule has 15 heavy (non-hydrogen) atoms. The molecule has 0 saturated carbocycles. The zero-order valence-corrected chi connectivity index (χ0v) is 8.25. The van der Waals surface area contributed by atoms with Gasteiger partial charge in [0, 0.05) is 0 Å². The molecule has 1 rings (SSSR count). The number of hydrogen-bond donors (Lipinski definition) is 1. The third-order valence-corrected chi connectivity index (χ3v) is 1.45. The van der Waals surface area contributed by atoms with E-state index in [2.05, 4.69) is 4.74 Å². The lowest BCUT2D eigenvalue weighted by atomic mass is 10.6. The molecule has 0 aliphatic rings. The number of rotatable bonds is 1. The van der Waals surface area contributed by atoms with E-state index >= 15 is 0 Å². The van der Waals surface area contributed by atoms with Crippen LogP contribution in [-0.2, 0) is 4.74 Å². The molecule has 1 atom stereocenters. The lowest BCUT2D eigenvalue weighted by Crippen LogP contribution is -2.36. The third kappa shape index (κ3) is 2.66. The van der Waals surface area contributed by atoms with Gasteiger partial charge in [-0.1, -0.05) is 11.6 Å². The van der Waals surface area contributed by atoms with E-state index in [9.17, 15) is 18.8 Å². The summed E-state index contributed by atoms with van der Waals surface area (Å²) in [5.74, 6) is -1.27. The van der Waals surface area contributed by atoms with Gasteiger partial charge in [0.25, 0.3) is 5.56 Å². The van der Waals surface area contributed by atoms with Crippen molar-refractivity contribution in [1.29, 1.82) is 0 Å². The summed E-state index contributed by atoms with van der Waals surface area (Å²) in [5, 5.41) is 0. The van der Waals surface area contributed by atoms with E-state index in [4.69, 9.17) is 11.6 Å². The van der Waals surface area contributed by atoms with Gasteiger partial charge in [-0.25, -0.2) is 14.2 Å². The summed E-state index contributed by atoms with van der Waals surface area (Å²) >= 11 is 5.32. The van der Waals surface area contributed by atoms with Crippen LogP contribution in [0.2, 0.25) is 0 Å². The molecule has 82 valence electrons. The molecule has 0 aromatic carbocycles. The zero-order chi connectivity index (χ0) is 11.6. The molecule has 0 radical (unpaired) electrons. The number of halogens is 2. The number of nitrogens with one attached hydrogen (secondary N) is 1. The van der Waals surface area contributed by atoms with E-state index in [0.717, 1.165) is 0 Å². The maximum atomic E-state index is 12.7. The van der Waals surface area contributed by atoms with Crippen molar-refractivity contribution in [2.75, 3.05) is 0 Å². The molecule has 8 heteroatoms. The molecule has 1 aromatic rings. The van der Waals surface area contributed by atoms with Crippen molar-refractivity contribution >= 4 is 17.7 Å². The van der Waals surface area contributed by atoms with Crippen LogP contribution in [0, 0.1) is 5.82 Å². The van der Waals surface area contributed by atoms with Crippen LogP contribution in [0.1, 0.15) is 6.92 Å². The fraction of sp³-hybridized carbons (Fsp3) is 0.286. The van der Waals surface area contributed by atoms with Gasteiger partial charge in [-0.15, -0.1) is 0 Å². The normalized spacial score (nSPS) is 12.2. The van der Waals surface area contributed by atoms with Crippen molar-refractivity contribution in [2.45, 2.75) is 12.5 Å². The number of carbonyl (C=O) groups excluding carboxylic acids is 1. The minimum Gasteiger partial charge on any atom is -0.429 e. The molecule has 1 unspecified atom stereocenters. The van der Waals surface area contributed by atoms with Gasteiger partial charge in [0.15, 0.2) is 5.56 Å². The van der Waals surface area contributed by atoms with Crippen LogP contribution in [0.25, 0.3) is 0 Å². The molecule has 0 saturated heterocycles. The van der Waals surface area contributed by atoms with Crippen molar-refractivity contribution in [3.05, 3.63) is 32.9 Å². The molecule has 6 nitrogen and oxygen atoms in total. The smallest absolute Gasteiger partial charge is 0.423 e. The molecule has 0 spiro atoms. The van der Waals surface area contributed by atoms with Crippen LogP contribution in [-0.4, -0.2) is 21.2 Å². The topological polar surface area (TPSA) is 81.2 Å². The Kier molecular flexibility index (Phi) is 3.25. The summed E-state index contributed by atoms with van der Waals surface area (Å²) in [6.45, 7) is 1.34. The molecule has 1 heterocycles. The minimum atomic E-state index is -1.27. The maximum Gasteiger partial charge on any atom is 0.423 e. The molecule has 0 fully saturated rings. The standard InChI is InChI=1S/C7H6ClFN2O4/c1-3(8)15-7(14)11-2-4(9)5(12)10-6(11)13/h2-3H,1H3,(H,10,12,13). The van der Waals surface area contributed by atoms with E-state index < -0.39 is 28.7 Å². The Morgan fingerprint density at radius 1 is 1.67 bits per heavy atom. The first-order valence-electron chi connectivity index (χ1n) is 3.78. The van der Waals surface area contributed by atoms with Crippen LogP contribution >= 0.6 is 11.6 Å². The van der Waals surface area contributed by atoms with Gasteiger partial charge < -0.3 is 4.74 Å². The highest BCUT2D eigenvalue weighted by Gasteiger charge is 2.13. The van der Waals surface area contributed by atoms with Gasteiger partial charge in [0.2, 0.25) is 5.82 Å². The number of H-pyrrole nitrogens is 1. The number of ether oxygens (including phenoxy) is 1. The van der Waals surface area contributed by atoms with Gasteiger partial charge >= 0.3 is 11.8 Å². The minimum absolute atomic E-state index is 0.273. The number of hydrogen-bond acceptors (Lipinski definition) is 4. The monoisotopic (exact) mass is 236 g/mol. The Bertz CT molecular complexity index is 492. The summed E-state index contributed by atoms with van der Waals surface area (Å²) in [5.41, 5.74) is -3.27. The Morgan fingerprint density at radius 3 is 2.80 bits per heavy atom. The fourth-order valence-electron chi connectivity index (χ4n) is 0.779. The number of nitrogens with zero attached hydrogens (tertiary/aromatic N) is 1. The van der Waals surface area contributed by atoms with Crippen LogP contribution < -0.4 is 11.2 Å². The average Bonchev–Trinajstić information content (AvgIpc) is 2.09. The van der Waals surface area contributed by atoms with E-state index in [0.29, 0.717) is 6.20 Å². The average molecular weight is 237 g/mol. The summed E-state index contributed by atoms with van der Waals surface area (Å²) in [7, 11) is 0. The Hall–Kier alpha value is -1.63. The Morgan fingerprint density at radius 2 is 2.27 bits per heavy atom. The van der Waals surface area contributed by atoms with E-state index in [1.807, 2.05) is 0 Å². The second-order valence-corrected chi connectivity index (χ2v) is 3.15. The van der Waals surface area contributed by atoms with Gasteiger partial charge in [-0.3, -0.25) is 9.78 Å². The fourth-order valence-corrected chi connectivity index (χ4v) is 0.855. The number of carbonyl (C=O) groups is 1. The predicted molar refractivity (Wildman–Crippen MR) is 48.5 cm³/mol. The van der Waals surface area contributed by atoms with Crippen molar-refractivity contribution in [2.24, 2.45) is 0 Å². The quantitative estimate of drug-likeness (QED) is 0.709. The summed E-state index contributed by atoms with van der Waals surface area (Å²) in [4.78, 5) is 34.3. The number of aromatic nitrogens is 2. The molecule has 1 N–H and O–H groups in total. The molecular formula is C7H6ClFN2O4. The van der Waals surface area contributed by atoms with E-state index in [1.54, 1.807) is 4.98 Å². The van der Waals surface area contributed by atoms with Gasteiger partial charge in [-0.05, 0) is 6.92 Å². The van der Waals surface area contributed by atoms with Gasteiger partial charge in [0.05, 0.1) is 6.20 Å². The maximum absolute atomic E-state index is 12.7. The first kappa shape index (κ1) is 11.4. The molecule has 0 aliphatic heterocycles. The van der Waals surface area contributed by atoms with Crippen LogP contribution in [0.4, 0.5) is 9.18 Å². The first-order valence-corrected chi connectivity index (χ1v) is 4.22. The highest BCUT2D eigenvalue weighted by atomic mass is 35.5. The zero-order valence-electron chi connectivity index (χ0n) is 7.49. The molecule has 0 amide bonds. The van der Waals surface area contributed by atoms with Crippen LogP contribution in [0.15, 0.2) is 15.8 Å². The van der Waals surface area contributed by atoms with Crippen molar-refractivity contribution in [3.8, 4) is 0 Å². The first-order chi connectivity index (χ1) is 6.91. The molecule has 0 aliphatic carbocycles. The SMILES string of the molecule is CC(Cl)OC(=O)n1cc(F)c(=O)[nH]c1=O. The second kappa shape index (κ2) is 4.26. The van der Waals surface area contributed by atoms with Crippen molar-refractivity contribution in [3.63, 3.8) is 0 Å². The Labute approximate surface area is 87.2 Å². The Balaban J connectivity index is 3.16. The number of alkyl halides is 1.